The Morgan fingerprint density at radius 3 is 2.22 bits per heavy atom. The topological polar surface area (TPSA) is 15.3 Å². The van der Waals surface area contributed by atoms with Crippen molar-refractivity contribution in [3.05, 3.63) is 15.1 Å². The van der Waals surface area contributed by atoms with E-state index in [0.29, 0.717) is 0 Å². The van der Waals surface area contributed by atoms with Crippen LogP contribution in [0, 0.1) is 9.02 Å². The molecule has 0 aromatic heterocycles. The SMILES string of the molecule is CCCN(CCC)CCCCNc1cc(=S)c1=S. The van der Waals surface area contributed by atoms with Crippen molar-refractivity contribution >= 4 is 30.1 Å². The van der Waals surface area contributed by atoms with E-state index in [1.807, 2.05) is 6.07 Å². The van der Waals surface area contributed by atoms with E-state index in [1.165, 1.54) is 45.3 Å². The molecule has 102 valence electrons. The molecule has 18 heavy (non-hydrogen) atoms. The quantitative estimate of drug-likeness (QED) is 0.508. The predicted octanol–water partition coefficient (Wildman–Crippen LogP) is 4.34. The number of unbranched alkanes of at least 4 members (excludes halogenated alkanes) is 1. The second kappa shape index (κ2) is 8.73. The fourth-order valence-corrected chi connectivity index (χ4v) is 2.52. The van der Waals surface area contributed by atoms with Gasteiger partial charge in [-0.1, -0.05) is 38.3 Å². The highest BCUT2D eigenvalue weighted by Crippen LogP contribution is 2.17. The fraction of sp³-hybridized carbons (Fsp3) is 0.714. The maximum atomic E-state index is 5.14. The van der Waals surface area contributed by atoms with E-state index in [1.54, 1.807) is 0 Å². The summed E-state index contributed by atoms with van der Waals surface area (Å²) in [5.74, 6) is 0. The molecule has 0 saturated heterocycles. The maximum absolute atomic E-state index is 5.14. The summed E-state index contributed by atoms with van der Waals surface area (Å²) in [6, 6.07) is 1.96. The van der Waals surface area contributed by atoms with Crippen molar-refractivity contribution in [1.82, 2.24) is 4.90 Å². The van der Waals surface area contributed by atoms with Crippen LogP contribution in [0.4, 0.5) is 5.69 Å². The van der Waals surface area contributed by atoms with Gasteiger partial charge < -0.3 is 10.2 Å². The summed E-state index contributed by atoms with van der Waals surface area (Å²) in [6.45, 7) is 9.16. The molecule has 0 heterocycles. The third-order valence-electron chi connectivity index (χ3n) is 3.04. The molecule has 0 amide bonds. The van der Waals surface area contributed by atoms with Crippen LogP contribution in [-0.2, 0) is 0 Å². The summed E-state index contributed by atoms with van der Waals surface area (Å²) in [7, 11) is 0. The number of rotatable bonds is 10. The number of nitrogens with one attached hydrogen (secondary N) is 1. The molecule has 0 saturated carbocycles. The molecule has 0 radical (unpaired) electrons. The Labute approximate surface area is 121 Å². The lowest BCUT2D eigenvalue weighted by Gasteiger charge is -2.20. The van der Waals surface area contributed by atoms with Gasteiger partial charge in [-0.2, -0.15) is 0 Å². The van der Waals surface area contributed by atoms with Gasteiger partial charge in [-0.05, 0) is 51.4 Å². The molecular weight excluding hydrogens is 260 g/mol. The Morgan fingerprint density at radius 2 is 1.72 bits per heavy atom. The lowest BCUT2D eigenvalue weighted by atomic mass is 10.2. The largest absolute Gasteiger partial charge is 0.384 e. The molecular formula is C14H24N2S2. The molecule has 1 rings (SSSR count). The van der Waals surface area contributed by atoms with E-state index < -0.39 is 0 Å². The summed E-state index contributed by atoms with van der Waals surface area (Å²) in [5.41, 5.74) is 1.06. The van der Waals surface area contributed by atoms with Gasteiger partial charge in [0.25, 0.3) is 0 Å². The monoisotopic (exact) mass is 284 g/mol. The van der Waals surface area contributed by atoms with Crippen molar-refractivity contribution in [3.8, 4) is 0 Å². The molecule has 2 nitrogen and oxygen atoms in total. The minimum absolute atomic E-state index is 0.824. The number of hydrogen-bond acceptors (Lipinski definition) is 4. The number of hydrogen-bond donors (Lipinski definition) is 1. The van der Waals surface area contributed by atoms with Gasteiger partial charge in [0.1, 0.15) is 0 Å². The zero-order chi connectivity index (χ0) is 13.4. The Balaban J connectivity index is 2.09. The Bertz CT molecular complexity index is 402. The van der Waals surface area contributed by atoms with Gasteiger partial charge in [0.15, 0.2) is 0 Å². The van der Waals surface area contributed by atoms with Gasteiger partial charge in [-0.15, -0.1) is 0 Å². The minimum Gasteiger partial charge on any atom is -0.384 e. The van der Waals surface area contributed by atoms with Crippen LogP contribution in [0.2, 0.25) is 0 Å². The van der Waals surface area contributed by atoms with E-state index in [-0.39, 0.29) is 0 Å². The third-order valence-corrected chi connectivity index (χ3v) is 3.93. The van der Waals surface area contributed by atoms with Gasteiger partial charge in [0.05, 0.1) is 14.7 Å². The molecule has 0 unspecified atom stereocenters. The molecule has 0 aliphatic rings. The van der Waals surface area contributed by atoms with Crippen molar-refractivity contribution < 1.29 is 0 Å². The average molecular weight is 284 g/mol. The Morgan fingerprint density at radius 1 is 1.06 bits per heavy atom. The van der Waals surface area contributed by atoms with E-state index in [9.17, 15) is 0 Å². The first kappa shape index (κ1) is 15.7. The lowest BCUT2D eigenvalue weighted by molar-refractivity contribution is 0.270. The van der Waals surface area contributed by atoms with Gasteiger partial charge in [-0.3, -0.25) is 0 Å². The van der Waals surface area contributed by atoms with Crippen molar-refractivity contribution in [2.24, 2.45) is 0 Å². The van der Waals surface area contributed by atoms with Crippen LogP contribution in [0.25, 0.3) is 0 Å². The normalized spacial score (nSPS) is 11.3. The third kappa shape index (κ3) is 5.12. The highest BCUT2D eigenvalue weighted by molar-refractivity contribution is 7.74. The Kier molecular flexibility index (Phi) is 7.63. The van der Waals surface area contributed by atoms with Gasteiger partial charge in [-0.25, -0.2) is 0 Å². The van der Waals surface area contributed by atoms with Crippen LogP contribution >= 0.6 is 24.4 Å². The summed E-state index contributed by atoms with van der Waals surface area (Å²) in [6.07, 6.45) is 4.93. The van der Waals surface area contributed by atoms with Crippen molar-refractivity contribution in [1.29, 1.82) is 0 Å². The number of anilines is 1. The molecule has 4 heteroatoms. The Hall–Kier alpha value is -0.320. The molecule has 0 bridgehead atoms. The standard InChI is InChI=1S/C14H24N2S2/c1-3-8-16(9-4-2)10-6-5-7-15-12-11-13(17)14(12)18/h11,15H,3-10H2,1-2H3. The maximum Gasteiger partial charge on any atom is 0.0790 e. The van der Waals surface area contributed by atoms with Gasteiger partial charge >= 0.3 is 0 Å². The highest BCUT2D eigenvalue weighted by Gasteiger charge is 2.03. The van der Waals surface area contributed by atoms with E-state index in [2.05, 4.69) is 24.1 Å². The van der Waals surface area contributed by atoms with Gasteiger partial charge in [0, 0.05) is 6.54 Å². The summed E-state index contributed by atoms with van der Waals surface area (Å²) in [5, 5.41) is 3.35. The first-order chi connectivity index (χ1) is 8.69. The smallest absolute Gasteiger partial charge is 0.0790 e. The van der Waals surface area contributed by atoms with Crippen LogP contribution in [0.1, 0.15) is 39.5 Å². The van der Waals surface area contributed by atoms with Crippen LogP contribution in [-0.4, -0.2) is 31.1 Å². The van der Waals surface area contributed by atoms with Crippen LogP contribution in [0.5, 0.6) is 0 Å². The van der Waals surface area contributed by atoms with Crippen molar-refractivity contribution in [2.45, 2.75) is 39.5 Å². The molecule has 0 aliphatic carbocycles. The summed E-state index contributed by atoms with van der Waals surface area (Å²) < 4.78 is 1.66. The molecule has 0 atom stereocenters. The second-order valence-corrected chi connectivity index (χ2v) is 5.57. The van der Waals surface area contributed by atoms with Crippen LogP contribution in [0.15, 0.2) is 6.07 Å². The van der Waals surface area contributed by atoms with Crippen LogP contribution in [0.3, 0.4) is 0 Å². The molecule has 1 aromatic rings. The van der Waals surface area contributed by atoms with E-state index >= 15 is 0 Å². The fourth-order valence-electron chi connectivity index (χ4n) is 2.10. The van der Waals surface area contributed by atoms with E-state index in [4.69, 9.17) is 24.4 Å². The van der Waals surface area contributed by atoms with Gasteiger partial charge in [0.2, 0.25) is 0 Å². The van der Waals surface area contributed by atoms with Crippen molar-refractivity contribution in [3.63, 3.8) is 0 Å². The molecule has 0 spiro atoms. The lowest BCUT2D eigenvalue weighted by Crippen LogP contribution is -2.26. The summed E-state index contributed by atoms with van der Waals surface area (Å²) in [4.78, 5) is 2.56. The highest BCUT2D eigenvalue weighted by atomic mass is 32.1. The first-order valence-corrected chi connectivity index (χ1v) is 7.77. The second-order valence-electron chi connectivity index (χ2n) is 4.73. The van der Waals surface area contributed by atoms with Crippen LogP contribution < -0.4 is 5.32 Å². The zero-order valence-electron chi connectivity index (χ0n) is 11.5. The first-order valence-electron chi connectivity index (χ1n) is 6.95. The predicted molar refractivity (Wildman–Crippen MR) is 85.2 cm³/mol. The van der Waals surface area contributed by atoms with E-state index in [0.717, 1.165) is 21.3 Å². The molecule has 1 aromatic carbocycles. The van der Waals surface area contributed by atoms with Crippen molar-refractivity contribution in [2.75, 3.05) is 31.5 Å². The molecule has 0 fully saturated rings. The number of nitrogens with zero attached hydrogens (tertiary/aromatic N) is 1. The molecule has 1 N–H and O–H groups in total. The minimum atomic E-state index is 0.824. The zero-order valence-corrected chi connectivity index (χ0v) is 13.1. The average Bonchev–Trinajstić information content (AvgIpc) is 2.37. The molecule has 0 aliphatic heterocycles. The summed E-state index contributed by atoms with van der Waals surface area (Å²) >= 11 is 10.1.